The Hall–Kier alpha value is -0.580. The second-order valence-electron chi connectivity index (χ2n) is 4.50. The van der Waals surface area contributed by atoms with Crippen LogP contribution in [0.5, 0.6) is 0 Å². The van der Waals surface area contributed by atoms with Crippen molar-refractivity contribution >= 4 is 21.6 Å². The summed E-state index contributed by atoms with van der Waals surface area (Å²) in [7, 11) is 0. The first-order valence-electron chi connectivity index (χ1n) is 6.47. The summed E-state index contributed by atoms with van der Waals surface area (Å²) in [4.78, 5) is 2.22. The SMILES string of the molecule is CCN(CC)CC(O)CNc1cc(C)ccc1Br. The first-order chi connectivity index (χ1) is 8.56. The standard InChI is InChI=1S/C14H23BrN2O/c1-4-17(5-2)10-12(18)9-16-14-8-11(3)6-7-13(14)15/h6-8,12,16,18H,4-5,9-10H2,1-3H3. The number of nitrogens with one attached hydrogen (secondary N) is 1. The van der Waals surface area contributed by atoms with E-state index in [0.717, 1.165) is 23.2 Å². The number of aliphatic hydroxyl groups is 1. The van der Waals surface area contributed by atoms with Gasteiger partial charge in [-0.3, -0.25) is 0 Å². The maximum Gasteiger partial charge on any atom is 0.0839 e. The molecule has 18 heavy (non-hydrogen) atoms. The van der Waals surface area contributed by atoms with E-state index in [9.17, 15) is 5.11 Å². The summed E-state index contributed by atoms with van der Waals surface area (Å²) in [5, 5.41) is 13.3. The molecule has 4 heteroatoms. The average molecular weight is 315 g/mol. The Bertz CT molecular complexity index is 367. The third-order valence-electron chi connectivity index (χ3n) is 3.01. The van der Waals surface area contributed by atoms with E-state index in [4.69, 9.17) is 0 Å². The van der Waals surface area contributed by atoms with E-state index in [1.165, 1.54) is 5.56 Å². The molecule has 2 N–H and O–H groups in total. The second-order valence-corrected chi connectivity index (χ2v) is 5.36. The maximum atomic E-state index is 9.98. The van der Waals surface area contributed by atoms with Gasteiger partial charge in [0.25, 0.3) is 0 Å². The van der Waals surface area contributed by atoms with Gasteiger partial charge in [-0.25, -0.2) is 0 Å². The Morgan fingerprint density at radius 3 is 2.61 bits per heavy atom. The zero-order valence-electron chi connectivity index (χ0n) is 11.4. The number of rotatable bonds is 7. The molecular weight excluding hydrogens is 292 g/mol. The lowest BCUT2D eigenvalue weighted by Crippen LogP contribution is -2.35. The maximum absolute atomic E-state index is 9.98. The number of nitrogens with zero attached hydrogens (tertiary/aromatic N) is 1. The molecule has 1 rings (SSSR count). The van der Waals surface area contributed by atoms with Gasteiger partial charge in [-0.1, -0.05) is 19.9 Å². The largest absolute Gasteiger partial charge is 0.390 e. The number of likely N-dealkylation sites (N-methyl/N-ethyl adjacent to an activating group) is 1. The number of aryl methyl sites for hydroxylation is 1. The summed E-state index contributed by atoms with van der Waals surface area (Å²) in [5.74, 6) is 0. The minimum atomic E-state index is -0.350. The van der Waals surface area contributed by atoms with Crippen LogP contribution in [0.4, 0.5) is 5.69 Å². The van der Waals surface area contributed by atoms with Crippen molar-refractivity contribution in [1.29, 1.82) is 0 Å². The summed E-state index contributed by atoms with van der Waals surface area (Å²) in [5.41, 5.74) is 2.24. The molecule has 0 aromatic heterocycles. The highest BCUT2D eigenvalue weighted by Crippen LogP contribution is 2.23. The molecule has 102 valence electrons. The third-order valence-corrected chi connectivity index (χ3v) is 3.70. The van der Waals surface area contributed by atoms with Crippen molar-refractivity contribution in [1.82, 2.24) is 4.90 Å². The van der Waals surface area contributed by atoms with Crippen LogP contribution in [0.2, 0.25) is 0 Å². The van der Waals surface area contributed by atoms with Gasteiger partial charge >= 0.3 is 0 Å². The smallest absolute Gasteiger partial charge is 0.0839 e. The van der Waals surface area contributed by atoms with Crippen LogP contribution in [0.1, 0.15) is 19.4 Å². The van der Waals surface area contributed by atoms with Crippen LogP contribution in [0.3, 0.4) is 0 Å². The lowest BCUT2D eigenvalue weighted by molar-refractivity contribution is 0.128. The summed E-state index contributed by atoms with van der Waals surface area (Å²) in [6.07, 6.45) is -0.350. The molecule has 0 spiro atoms. The zero-order chi connectivity index (χ0) is 13.5. The quantitative estimate of drug-likeness (QED) is 0.812. The van der Waals surface area contributed by atoms with Gasteiger partial charge in [0.15, 0.2) is 0 Å². The van der Waals surface area contributed by atoms with Crippen molar-refractivity contribution in [2.24, 2.45) is 0 Å². The fourth-order valence-corrected chi connectivity index (χ4v) is 2.23. The van der Waals surface area contributed by atoms with Crippen LogP contribution in [0.15, 0.2) is 22.7 Å². The molecular formula is C14H23BrN2O. The van der Waals surface area contributed by atoms with Gasteiger partial charge in [0.2, 0.25) is 0 Å². The number of hydrogen-bond acceptors (Lipinski definition) is 3. The third kappa shape index (κ3) is 4.96. The van der Waals surface area contributed by atoms with Gasteiger partial charge in [0, 0.05) is 23.2 Å². The number of aliphatic hydroxyl groups excluding tert-OH is 1. The first kappa shape index (κ1) is 15.5. The molecule has 0 radical (unpaired) electrons. The molecule has 1 unspecified atom stereocenters. The van der Waals surface area contributed by atoms with E-state index in [-0.39, 0.29) is 6.10 Å². The molecule has 0 fully saturated rings. The van der Waals surface area contributed by atoms with Crippen LogP contribution in [-0.2, 0) is 0 Å². The molecule has 0 bridgehead atoms. The van der Waals surface area contributed by atoms with Crippen LogP contribution >= 0.6 is 15.9 Å². The molecule has 0 heterocycles. The predicted molar refractivity (Wildman–Crippen MR) is 81.2 cm³/mol. The zero-order valence-corrected chi connectivity index (χ0v) is 13.0. The van der Waals surface area contributed by atoms with E-state index in [1.807, 2.05) is 6.07 Å². The van der Waals surface area contributed by atoms with Crippen LogP contribution in [0, 0.1) is 6.92 Å². The van der Waals surface area contributed by atoms with Crippen molar-refractivity contribution < 1.29 is 5.11 Å². The van der Waals surface area contributed by atoms with Gasteiger partial charge in [0.1, 0.15) is 0 Å². The fourth-order valence-electron chi connectivity index (χ4n) is 1.85. The van der Waals surface area contributed by atoms with E-state index in [1.54, 1.807) is 0 Å². The Balaban J connectivity index is 2.46. The molecule has 0 aliphatic rings. The lowest BCUT2D eigenvalue weighted by atomic mass is 10.2. The fraction of sp³-hybridized carbons (Fsp3) is 0.571. The Labute approximate surface area is 118 Å². The van der Waals surface area contributed by atoms with Gasteiger partial charge < -0.3 is 15.3 Å². The van der Waals surface area contributed by atoms with Gasteiger partial charge in [-0.15, -0.1) is 0 Å². The molecule has 3 nitrogen and oxygen atoms in total. The van der Waals surface area contributed by atoms with Crippen LogP contribution in [-0.4, -0.2) is 42.3 Å². The number of benzene rings is 1. The van der Waals surface area contributed by atoms with Crippen LogP contribution in [0.25, 0.3) is 0 Å². The van der Waals surface area contributed by atoms with E-state index < -0.39 is 0 Å². The Morgan fingerprint density at radius 2 is 2.00 bits per heavy atom. The first-order valence-corrected chi connectivity index (χ1v) is 7.26. The van der Waals surface area contributed by atoms with Gasteiger partial charge in [-0.05, 0) is 53.6 Å². The summed E-state index contributed by atoms with van der Waals surface area (Å²) in [6, 6.07) is 6.16. The topological polar surface area (TPSA) is 35.5 Å². The van der Waals surface area contributed by atoms with E-state index in [2.05, 4.69) is 59.1 Å². The minimum absolute atomic E-state index is 0.350. The van der Waals surface area contributed by atoms with E-state index >= 15 is 0 Å². The number of hydrogen-bond donors (Lipinski definition) is 2. The Kier molecular flexibility index (Phi) is 6.68. The van der Waals surface area contributed by atoms with Crippen molar-refractivity contribution in [3.8, 4) is 0 Å². The Morgan fingerprint density at radius 1 is 1.33 bits per heavy atom. The molecule has 0 aliphatic carbocycles. The van der Waals surface area contributed by atoms with Crippen molar-refractivity contribution in [3.63, 3.8) is 0 Å². The summed E-state index contributed by atoms with van der Waals surface area (Å²) in [6.45, 7) is 9.51. The molecule has 0 amide bonds. The van der Waals surface area contributed by atoms with Crippen molar-refractivity contribution in [2.45, 2.75) is 26.9 Å². The highest BCUT2D eigenvalue weighted by Gasteiger charge is 2.09. The van der Waals surface area contributed by atoms with Gasteiger partial charge in [0.05, 0.1) is 6.10 Å². The molecule has 0 saturated heterocycles. The summed E-state index contributed by atoms with van der Waals surface area (Å²) >= 11 is 3.50. The molecule has 1 atom stereocenters. The molecule has 1 aromatic carbocycles. The highest BCUT2D eigenvalue weighted by molar-refractivity contribution is 9.10. The lowest BCUT2D eigenvalue weighted by Gasteiger charge is -2.22. The van der Waals surface area contributed by atoms with Crippen LogP contribution < -0.4 is 5.32 Å². The molecule has 0 saturated carbocycles. The summed E-state index contributed by atoms with van der Waals surface area (Å²) < 4.78 is 1.03. The second kappa shape index (κ2) is 7.77. The van der Waals surface area contributed by atoms with Gasteiger partial charge in [-0.2, -0.15) is 0 Å². The van der Waals surface area contributed by atoms with Crippen molar-refractivity contribution in [2.75, 3.05) is 31.5 Å². The number of halogens is 1. The average Bonchev–Trinajstić information content (AvgIpc) is 2.37. The predicted octanol–water partition coefficient (Wildman–Crippen LogP) is 2.87. The monoisotopic (exact) mass is 314 g/mol. The number of anilines is 1. The highest BCUT2D eigenvalue weighted by atomic mass is 79.9. The molecule has 1 aromatic rings. The van der Waals surface area contributed by atoms with E-state index in [0.29, 0.717) is 13.1 Å². The molecule has 0 aliphatic heterocycles. The van der Waals surface area contributed by atoms with Crippen molar-refractivity contribution in [3.05, 3.63) is 28.2 Å². The minimum Gasteiger partial charge on any atom is -0.390 e. The normalized spacial score (nSPS) is 12.8.